The van der Waals surface area contributed by atoms with Crippen molar-refractivity contribution in [3.63, 3.8) is 0 Å². The fourth-order valence-corrected chi connectivity index (χ4v) is 3.00. The second-order valence-electron chi connectivity index (χ2n) is 4.77. The second kappa shape index (κ2) is 3.80. The van der Waals surface area contributed by atoms with Crippen LogP contribution in [0.1, 0.15) is 29.9 Å². The third-order valence-electron chi connectivity index (χ3n) is 3.69. The molecule has 1 fully saturated rings. The van der Waals surface area contributed by atoms with E-state index in [0.717, 1.165) is 25.3 Å². The van der Waals surface area contributed by atoms with Crippen LogP contribution >= 0.6 is 11.6 Å². The molecule has 0 aliphatic heterocycles. The zero-order chi connectivity index (χ0) is 10.3. The Labute approximate surface area is 95.8 Å². The van der Waals surface area contributed by atoms with Crippen LogP contribution in [0.15, 0.2) is 24.3 Å². The van der Waals surface area contributed by atoms with Gasteiger partial charge in [0.25, 0.3) is 0 Å². The topological polar surface area (TPSA) is 12.0 Å². The monoisotopic (exact) mass is 221 g/mol. The molecule has 1 saturated carbocycles. The van der Waals surface area contributed by atoms with Crippen LogP contribution in [0.3, 0.4) is 0 Å². The minimum absolute atomic E-state index is 0.427. The first-order chi connectivity index (χ1) is 7.33. The van der Waals surface area contributed by atoms with Crippen molar-refractivity contribution >= 4 is 11.6 Å². The summed E-state index contributed by atoms with van der Waals surface area (Å²) in [5.41, 5.74) is 3.08. The predicted molar refractivity (Wildman–Crippen MR) is 63.6 cm³/mol. The number of nitrogens with one attached hydrogen (secondary N) is 1. The van der Waals surface area contributed by atoms with Gasteiger partial charge in [-0.05, 0) is 30.4 Å². The number of halogens is 1. The Hall–Kier alpha value is -0.530. The number of hydrogen-bond donors (Lipinski definition) is 1. The lowest BCUT2D eigenvalue weighted by atomic mass is 9.77. The van der Waals surface area contributed by atoms with E-state index in [9.17, 15) is 0 Å². The van der Waals surface area contributed by atoms with Gasteiger partial charge >= 0.3 is 0 Å². The molecule has 2 aliphatic rings. The van der Waals surface area contributed by atoms with Crippen molar-refractivity contribution in [2.45, 2.75) is 36.6 Å². The zero-order valence-corrected chi connectivity index (χ0v) is 9.50. The Kier molecular flexibility index (Phi) is 2.45. The van der Waals surface area contributed by atoms with Gasteiger partial charge < -0.3 is 5.32 Å². The Morgan fingerprint density at radius 3 is 2.80 bits per heavy atom. The Bertz CT molecular complexity index is 357. The number of fused-ring (bicyclic) bond motifs is 1. The van der Waals surface area contributed by atoms with Crippen molar-refractivity contribution in [3.05, 3.63) is 35.4 Å². The maximum atomic E-state index is 5.95. The van der Waals surface area contributed by atoms with Crippen LogP contribution in [0.2, 0.25) is 0 Å². The van der Waals surface area contributed by atoms with Crippen molar-refractivity contribution in [1.29, 1.82) is 0 Å². The van der Waals surface area contributed by atoms with Gasteiger partial charge in [0.15, 0.2) is 0 Å². The minimum atomic E-state index is 0.427. The molecule has 1 aromatic carbocycles. The van der Waals surface area contributed by atoms with E-state index in [1.54, 1.807) is 5.56 Å². The molecule has 3 rings (SSSR count). The average Bonchev–Trinajstić information content (AvgIpc) is 2.16. The van der Waals surface area contributed by atoms with Crippen LogP contribution in [0.5, 0.6) is 0 Å². The Morgan fingerprint density at radius 2 is 2.07 bits per heavy atom. The van der Waals surface area contributed by atoms with Crippen LogP contribution < -0.4 is 5.32 Å². The Morgan fingerprint density at radius 1 is 1.27 bits per heavy atom. The fourth-order valence-electron chi connectivity index (χ4n) is 2.57. The average molecular weight is 222 g/mol. The van der Waals surface area contributed by atoms with Gasteiger partial charge in [0, 0.05) is 23.9 Å². The molecule has 0 amide bonds. The van der Waals surface area contributed by atoms with Crippen LogP contribution in [0, 0.1) is 0 Å². The Balaban J connectivity index is 1.51. The number of rotatable bonds is 3. The van der Waals surface area contributed by atoms with E-state index in [-0.39, 0.29) is 0 Å². The number of alkyl halides is 1. The maximum Gasteiger partial charge on any atom is 0.0365 e. The quantitative estimate of drug-likeness (QED) is 0.774. The summed E-state index contributed by atoms with van der Waals surface area (Å²) in [4.78, 5) is 0. The summed E-state index contributed by atoms with van der Waals surface area (Å²) in [6.45, 7) is 1.13. The molecule has 0 saturated heterocycles. The highest BCUT2D eigenvalue weighted by molar-refractivity contribution is 6.21. The molecule has 0 spiro atoms. The maximum absolute atomic E-state index is 5.95. The molecule has 0 heterocycles. The summed E-state index contributed by atoms with van der Waals surface area (Å²) >= 11 is 5.95. The van der Waals surface area contributed by atoms with Crippen molar-refractivity contribution in [2.75, 3.05) is 6.54 Å². The highest BCUT2D eigenvalue weighted by Crippen LogP contribution is 2.35. The molecule has 0 radical (unpaired) electrons. The first-order valence-electron chi connectivity index (χ1n) is 5.78. The summed E-state index contributed by atoms with van der Waals surface area (Å²) in [5.74, 6) is 0.746. The third kappa shape index (κ3) is 1.79. The van der Waals surface area contributed by atoms with Gasteiger partial charge in [-0.25, -0.2) is 0 Å². The normalized spacial score (nSPS) is 32.7. The van der Waals surface area contributed by atoms with E-state index >= 15 is 0 Å². The van der Waals surface area contributed by atoms with E-state index in [1.807, 2.05) is 0 Å². The first-order valence-corrected chi connectivity index (χ1v) is 6.22. The molecule has 80 valence electrons. The molecular weight excluding hydrogens is 206 g/mol. The van der Waals surface area contributed by atoms with E-state index in [0.29, 0.717) is 11.4 Å². The SMILES string of the molecule is ClC1CC(NCC2Cc3ccccc32)C1. The van der Waals surface area contributed by atoms with E-state index in [1.165, 1.54) is 12.0 Å². The van der Waals surface area contributed by atoms with Crippen molar-refractivity contribution in [2.24, 2.45) is 0 Å². The van der Waals surface area contributed by atoms with E-state index < -0.39 is 0 Å². The molecule has 1 aromatic rings. The van der Waals surface area contributed by atoms with Crippen LogP contribution in [-0.4, -0.2) is 18.0 Å². The highest BCUT2D eigenvalue weighted by Gasteiger charge is 2.30. The molecule has 15 heavy (non-hydrogen) atoms. The third-order valence-corrected chi connectivity index (χ3v) is 4.05. The van der Waals surface area contributed by atoms with E-state index in [2.05, 4.69) is 29.6 Å². The molecule has 2 aliphatic carbocycles. The lowest BCUT2D eigenvalue weighted by molar-refractivity contribution is 0.333. The lowest BCUT2D eigenvalue weighted by Gasteiger charge is -2.36. The summed E-state index contributed by atoms with van der Waals surface area (Å²) in [6.07, 6.45) is 3.55. The van der Waals surface area contributed by atoms with Crippen LogP contribution in [0.25, 0.3) is 0 Å². The summed E-state index contributed by atoms with van der Waals surface area (Å²) in [7, 11) is 0. The van der Waals surface area contributed by atoms with Gasteiger partial charge in [0.2, 0.25) is 0 Å². The van der Waals surface area contributed by atoms with Crippen LogP contribution in [0.4, 0.5) is 0 Å². The van der Waals surface area contributed by atoms with Gasteiger partial charge in [-0.2, -0.15) is 0 Å². The van der Waals surface area contributed by atoms with Crippen molar-refractivity contribution in [3.8, 4) is 0 Å². The van der Waals surface area contributed by atoms with Crippen molar-refractivity contribution in [1.82, 2.24) is 5.32 Å². The molecule has 1 nitrogen and oxygen atoms in total. The molecule has 1 N–H and O–H groups in total. The van der Waals surface area contributed by atoms with Gasteiger partial charge in [-0.1, -0.05) is 24.3 Å². The molecule has 0 aromatic heterocycles. The van der Waals surface area contributed by atoms with Crippen molar-refractivity contribution < 1.29 is 0 Å². The largest absolute Gasteiger partial charge is 0.313 e. The lowest BCUT2D eigenvalue weighted by Crippen LogP contribution is -2.44. The molecule has 2 heteroatoms. The first kappa shape index (κ1) is 9.68. The number of hydrogen-bond acceptors (Lipinski definition) is 1. The van der Waals surface area contributed by atoms with Gasteiger partial charge in [-0.3, -0.25) is 0 Å². The summed E-state index contributed by atoms with van der Waals surface area (Å²) in [5, 5.41) is 4.03. The highest BCUT2D eigenvalue weighted by atomic mass is 35.5. The molecule has 1 atom stereocenters. The molecular formula is C13H16ClN. The van der Waals surface area contributed by atoms with Crippen LogP contribution in [-0.2, 0) is 6.42 Å². The van der Waals surface area contributed by atoms with Gasteiger partial charge in [0.1, 0.15) is 0 Å². The molecule has 0 bridgehead atoms. The summed E-state index contributed by atoms with van der Waals surface area (Å²) < 4.78 is 0. The van der Waals surface area contributed by atoms with Gasteiger partial charge in [-0.15, -0.1) is 11.6 Å². The predicted octanol–water partition coefficient (Wildman–Crippen LogP) is 2.69. The van der Waals surface area contributed by atoms with E-state index in [4.69, 9.17) is 11.6 Å². The summed E-state index contributed by atoms with van der Waals surface area (Å²) in [6, 6.07) is 9.45. The number of benzene rings is 1. The minimum Gasteiger partial charge on any atom is -0.313 e. The zero-order valence-electron chi connectivity index (χ0n) is 8.75. The second-order valence-corrected chi connectivity index (χ2v) is 5.39. The van der Waals surface area contributed by atoms with Gasteiger partial charge in [0.05, 0.1) is 0 Å². The standard InChI is InChI=1S/C13H16ClN/c14-11-6-12(7-11)15-8-10-5-9-3-1-2-4-13(9)10/h1-4,10-12,15H,5-8H2. The molecule has 1 unspecified atom stereocenters. The fraction of sp³-hybridized carbons (Fsp3) is 0.538. The smallest absolute Gasteiger partial charge is 0.0365 e.